The van der Waals surface area contributed by atoms with Crippen LogP contribution in [0.1, 0.15) is 44.2 Å². The number of nitrogens with zero attached hydrogens (tertiary/aromatic N) is 2. The first-order valence-electron chi connectivity index (χ1n) is 8.20. The Hall–Kier alpha value is -1.13. The highest BCUT2D eigenvalue weighted by atomic mass is 19.1. The molecule has 1 saturated heterocycles. The SMILES string of the molecule is CC(N)c1c(F)cccc1N1CCN(C2CCCC2)CC1. The number of benzene rings is 1. The third-order valence-electron chi connectivity index (χ3n) is 4.98. The van der Waals surface area contributed by atoms with Crippen LogP contribution in [0.15, 0.2) is 18.2 Å². The summed E-state index contributed by atoms with van der Waals surface area (Å²) in [6.07, 6.45) is 5.46. The van der Waals surface area contributed by atoms with E-state index in [1.807, 2.05) is 13.0 Å². The standard InChI is InChI=1S/C17H26FN3/c1-13(19)17-15(18)7-4-8-16(17)21-11-9-20(10-12-21)14-5-2-3-6-14/h4,7-8,13-14H,2-3,5-6,9-12,19H2,1H3. The van der Waals surface area contributed by atoms with Gasteiger partial charge in [-0.2, -0.15) is 0 Å². The van der Waals surface area contributed by atoms with Gasteiger partial charge in [0.15, 0.2) is 0 Å². The lowest BCUT2D eigenvalue weighted by Gasteiger charge is -2.40. The molecule has 1 aliphatic heterocycles. The zero-order valence-corrected chi connectivity index (χ0v) is 12.9. The van der Waals surface area contributed by atoms with Crippen LogP contribution in [0.3, 0.4) is 0 Å². The summed E-state index contributed by atoms with van der Waals surface area (Å²) in [5.41, 5.74) is 7.61. The van der Waals surface area contributed by atoms with E-state index in [1.54, 1.807) is 6.07 Å². The van der Waals surface area contributed by atoms with E-state index in [0.29, 0.717) is 5.56 Å². The summed E-state index contributed by atoms with van der Waals surface area (Å²) in [5.74, 6) is -0.180. The van der Waals surface area contributed by atoms with Crippen LogP contribution in [0, 0.1) is 5.82 Å². The van der Waals surface area contributed by atoms with Gasteiger partial charge in [0, 0.05) is 49.5 Å². The molecule has 0 spiro atoms. The third kappa shape index (κ3) is 3.06. The van der Waals surface area contributed by atoms with Gasteiger partial charge in [-0.25, -0.2) is 4.39 Å². The molecule has 1 saturated carbocycles. The van der Waals surface area contributed by atoms with E-state index < -0.39 is 0 Å². The number of rotatable bonds is 3. The average molecular weight is 291 g/mol. The topological polar surface area (TPSA) is 32.5 Å². The fraction of sp³-hybridized carbons (Fsp3) is 0.647. The molecule has 2 fully saturated rings. The number of halogens is 1. The zero-order chi connectivity index (χ0) is 14.8. The lowest BCUT2D eigenvalue weighted by molar-refractivity contribution is 0.187. The van der Waals surface area contributed by atoms with Crippen LogP contribution < -0.4 is 10.6 Å². The van der Waals surface area contributed by atoms with Crippen LogP contribution in [-0.2, 0) is 0 Å². The first kappa shape index (κ1) is 14.8. The molecule has 0 bridgehead atoms. The van der Waals surface area contributed by atoms with Crippen LogP contribution in [0.25, 0.3) is 0 Å². The Morgan fingerprint density at radius 2 is 1.81 bits per heavy atom. The molecular formula is C17H26FN3. The second-order valence-corrected chi connectivity index (χ2v) is 6.42. The Morgan fingerprint density at radius 3 is 2.43 bits per heavy atom. The molecule has 3 rings (SSSR count). The summed E-state index contributed by atoms with van der Waals surface area (Å²) >= 11 is 0. The lowest BCUT2D eigenvalue weighted by atomic mass is 10.0. The van der Waals surface area contributed by atoms with Crippen LogP contribution in [0.4, 0.5) is 10.1 Å². The monoisotopic (exact) mass is 291 g/mol. The van der Waals surface area contributed by atoms with Gasteiger partial charge in [-0.1, -0.05) is 18.9 Å². The highest BCUT2D eigenvalue weighted by Crippen LogP contribution is 2.30. The largest absolute Gasteiger partial charge is 0.369 e. The van der Waals surface area contributed by atoms with E-state index in [-0.39, 0.29) is 11.9 Å². The number of piperazine rings is 1. The van der Waals surface area contributed by atoms with Gasteiger partial charge in [-0.15, -0.1) is 0 Å². The summed E-state index contributed by atoms with van der Waals surface area (Å²) < 4.78 is 14.1. The van der Waals surface area contributed by atoms with E-state index >= 15 is 0 Å². The van der Waals surface area contributed by atoms with Crippen molar-refractivity contribution in [2.45, 2.75) is 44.7 Å². The number of hydrogen-bond donors (Lipinski definition) is 1. The van der Waals surface area contributed by atoms with Gasteiger partial charge in [0.05, 0.1) is 0 Å². The van der Waals surface area contributed by atoms with Crippen molar-refractivity contribution >= 4 is 5.69 Å². The summed E-state index contributed by atoms with van der Waals surface area (Å²) in [7, 11) is 0. The van der Waals surface area contributed by atoms with Crippen molar-refractivity contribution in [3.05, 3.63) is 29.6 Å². The van der Waals surface area contributed by atoms with Gasteiger partial charge in [0.1, 0.15) is 5.82 Å². The minimum absolute atomic E-state index is 0.180. The number of hydrogen-bond acceptors (Lipinski definition) is 3. The molecule has 2 aliphatic rings. The molecule has 1 aromatic carbocycles. The molecule has 21 heavy (non-hydrogen) atoms. The van der Waals surface area contributed by atoms with Crippen LogP contribution in [0.2, 0.25) is 0 Å². The molecule has 2 N–H and O–H groups in total. The number of nitrogens with two attached hydrogens (primary N) is 1. The zero-order valence-electron chi connectivity index (χ0n) is 12.9. The molecule has 3 nitrogen and oxygen atoms in total. The normalized spacial score (nSPS) is 22.7. The van der Waals surface area contributed by atoms with Crippen molar-refractivity contribution in [3.63, 3.8) is 0 Å². The molecule has 1 aliphatic carbocycles. The Balaban J connectivity index is 1.70. The van der Waals surface area contributed by atoms with Crippen molar-refractivity contribution in [2.24, 2.45) is 5.73 Å². The van der Waals surface area contributed by atoms with Crippen molar-refractivity contribution in [1.82, 2.24) is 4.90 Å². The first-order chi connectivity index (χ1) is 10.2. The molecule has 116 valence electrons. The maximum absolute atomic E-state index is 14.1. The van der Waals surface area contributed by atoms with Crippen molar-refractivity contribution < 1.29 is 4.39 Å². The molecule has 4 heteroatoms. The highest BCUT2D eigenvalue weighted by molar-refractivity contribution is 5.55. The summed E-state index contributed by atoms with van der Waals surface area (Å²) in [4.78, 5) is 4.92. The van der Waals surface area contributed by atoms with Crippen molar-refractivity contribution in [1.29, 1.82) is 0 Å². The fourth-order valence-electron chi connectivity index (χ4n) is 3.85. The van der Waals surface area contributed by atoms with Crippen LogP contribution in [0.5, 0.6) is 0 Å². The third-order valence-corrected chi connectivity index (χ3v) is 4.98. The minimum Gasteiger partial charge on any atom is -0.369 e. The molecule has 1 heterocycles. The van der Waals surface area contributed by atoms with E-state index in [9.17, 15) is 4.39 Å². The fourth-order valence-corrected chi connectivity index (χ4v) is 3.85. The van der Waals surface area contributed by atoms with Gasteiger partial charge < -0.3 is 10.6 Å². The molecule has 1 atom stereocenters. The average Bonchev–Trinajstić information content (AvgIpc) is 3.01. The van der Waals surface area contributed by atoms with Crippen molar-refractivity contribution in [3.8, 4) is 0 Å². The lowest BCUT2D eigenvalue weighted by Crippen LogP contribution is -2.50. The molecule has 0 radical (unpaired) electrons. The minimum atomic E-state index is -0.269. The summed E-state index contributed by atoms with van der Waals surface area (Å²) in [5, 5.41) is 0. The van der Waals surface area contributed by atoms with Crippen LogP contribution >= 0.6 is 0 Å². The molecule has 0 aromatic heterocycles. The number of anilines is 1. The second-order valence-electron chi connectivity index (χ2n) is 6.42. The van der Waals surface area contributed by atoms with E-state index in [4.69, 9.17) is 5.73 Å². The van der Waals surface area contributed by atoms with E-state index in [1.165, 1.54) is 31.7 Å². The molecule has 1 aromatic rings. The van der Waals surface area contributed by atoms with E-state index in [0.717, 1.165) is 37.9 Å². The smallest absolute Gasteiger partial charge is 0.130 e. The predicted octanol–water partition coefficient (Wildman–Crippen LogP) is 2.91. The summed E-state index contributed by atoms with van der Waals surface area (Å²) in [6.45, 7) is 5.97. The Morgan fingerprint density at radius 1 is 1.14 bits per heavy atom. The Bertz CT molecular complexity index is 475. The first-order valence-corrected chi connectivity index (χ1v) is 8.20. The quantitative estimate of drug-likeness (QED) is 0.929. The molecular weight excluding hydrogens is 265 g/mol. The van der Waals surface area contributed by atoms with Gasteiger partial charge >= 0.3 is 0 Å². The van der Waals surface area contributed by atoms with Crippen molar-refractivity contribution in [2.75, 3.05) is 31.1 Å². The summed E-state index contributed by atoms with van der Waals surface area (Å²) in [6, 6.07) is 5.82. The molecule has 0 amide bonds. The Kier molecular flexibility index (Phi) is 4.45. The van der Waals surface area contributed by atoms with Crippen LogP contribution in [-0.4, -0.2) is 37.1 Å². The maximum Gasteiger partial charge on any atom is 0.130 e. The molecule has 1 unspecified atom stereocenters. The second kappa shape index (κ2) is 6.32. The van der Waals surface area contributed by atoms with Gasteiger partial charge in [0.25, 0.3) is 0 Å². The van der Waals surface area contributed by atoms with Gasteiger partial charge in [-0.3, -0.25) is 4.90 Å². The van der Waals surface area contributed by atoms with Gasteiger partial charge in [-0.05, 0) is 31.9 Å². The highest BCUT2D eigenvalue weighted by Gasteiger charge is 2.27. The van der Waals surface area contributed by atoms with Gasteiger partial charge in [0.2, 0.25) is 0 Å². The maximum atomic E-state index is 14.1. The Labute approximate surface area is 126 Å². The predicted molar refractivity (Wildman–Crippen MR) is 85.0 cm³/mol. The van der Waals surface area contributed by atoms with E-state index in [2.05, 4.69) is 9.80 Å².